The van der Waals surface area contributed by atoms with Gasteiger partial charge in [0.05, 0.1) is 13.2 Å². The Morgan fingerprint density at radius 2 is 2.21 bits per heavy atom. The first-order valence-electron chi connectivity index (χ1n) is 3.93. The zero-order valence-electron chi connectivity index (χ0n) is 7.15. The van der Waals surface area contributed by atoms with Crippen LogP contribution in [0, 0.1) is 0 Å². The van der Waals surface area contributed by atoms with E-state index in [4.69, 9.17) is 19.5 Å². The largest absolute Gasteiger partial charge is 0.394 e. The van der Waals surface area contributed by atoms with Crippen molar-refractivity contribution in [3.8, 4) is 0 Å². The average molecular weight is 228 g/mol. The molecule has 1 aliphatic rings. The first-order valence-corrected chi connectivity index (χ1v) is 4.96. The second-order valence-electron chi connectivity index (χ2n) is 2.89. The van der Waals surface area contributed by atoms with Crippen molar-refractivity contribution in [1.82, 2.24) is 0 Å². The number of aliphatic hydroxyl groups excluding tert-OH is 3. The summed E-state index contributed by atoms with van der Waals surface area (Å²) in [5.41, 5.74) is 0. The molecule has 8 heteroatoms. The third-order valence-corrected chi connectivity index (χ3v) is 2.35. The first-order chi connectivity index (χ1) is 6.56. The average Bonchev–Trinajstić information content (AvgIpc) is 2.44. The monoisotopic (exact) mass is 228 g/mol. The Bertz CT molecular complexity index is 210. The number of hydrogen-bond acceptors (Lipinski definition) is 6. The van der Waals surface area contributed by atoms with Crippen LogP contribution in [-0.4, -0.2) is 61.7 Å². The molecule has 1 heterocycles. The maximum absolute atomic E-state index is 10.3. The molecule has 0 aromatic heterocycles. The highest BCUT2D eigenvalue weighted by Gasteiger charge is 2.41. The van der Waals surface area contributed by atoms with E-state index in [-0.39, 0.29) is 6.61 Å². The van der Waals surface area contributed by atoms with Gasteiger partial charge in [-0.3, -0.25) is 8.74 Å². The number of aliphatic hydroxyl groups is 3. The van der Waals surface area contributed by atoms with E-state index >= 15 is 0 Å². The molecule has 7 nitrogen and oxygen atoms in total. The Kier molecular flexibility index (Phi) is 4.38. The number of rotatable bonds is 4. The molecule has 1 aliphatic heterocycles. The lowest BCUT2D eigenvalue weighted by Crippen LogP contribution is -2.42. The summed E-state index contributed by atoms with van der Waals surface area (Å²) >= 11 is -2.55. The zero-order valence-corrected chi connectivity index (χ0v) is 7.96. The lowest BCUT2D eigenvalue weighted by molar-refractivity contribution is -0.0558. The van der Waals surface area contributed by atoms with Gasteiger partial charge in [-0.2, -0.15) is 4.21 Å². The summed E-state index contributed by atoms with van der Waals surface area (Å²) in [5, 5.41) is 27.2. The molecular weight excluding hydrogens is 216 g/mol. The molecule has 0 saturated carbocycles. The highest BCUT2D eigenvalue weighted by atomic mass is 32.2. The molecule has 0 spiro atoms. The standard InChI is InChI=1S/C6H12O7S/c7-1-4(13-14(10)11)6-5(9)3(8)2-12-6/h3-9H,1-2H2,(H,10,11)/t3-,4+,5+,6+/m0/s1. The first kappa shape index (κ1) is 12.0. The van der Waals surface area contributed by atoms with E-state index in [1.807, 2.05) is 0 Å². The molecule has 0 aliphatic carbocycles. The highest BCUT2D eigenvalue weighted by Crippen LogP contribution is 2.19. The lowest BCUT2D eigenvalue weighted by Gasteiger charge is -2.21. The molecule has 14 heavy (non-hydrogen) atoms. The van der Waals surface area contributed by atoms with Crippen molar-refractivity contribution in [3.63, 3.8) is 0 Å². The molecule has 1 saturated heterocycles. The number of hydrogen-bond donors (Lipinski definition) is 4. The predicted molar refractivity (Wildman–Crippen MR) is 44.5 cm³/mol. The van der Waals surface area contributed by atoms with E-state index in [2.05, 4.69) is 4.18 Å². The lowest BCUT2D eigenvalue weighted by atomic mass is 10.1. The highest BCUT2D eigenvalue weighted by molar-refractivity contribution is 7.74. The molecule has 4 N–H and O–H groups in total. The van der Waals surface area contributed by atoms with Crippen LogP contribution in [0.4, 0.5) is 0 Å². The summed E-state index contributed by atoms with van der Waals surface area (Å²) in [6.07, 6.45) is -4.42. The van der Waals surface area contributed by atoms with Crippen molar-refractivity contribution in [2.45, 2.75) is 24.4 Å². The van der Waals surface area contributed by atoms with Gasteiger partial charge in [-0.1, -0.05) is 0 Å². The van der Waals surface area contributed by atoms with Gasteiger partial charge in [0.2, 0.25) is 0 Å². The second kappa shape index (κ2) is 5.12. The molecule has 1 fully saturated rings. The van der Waals surface area contributed by atoms with Gasteiger partial charge >= 0.3 is 11.4 Å². The van der Waals surface area contributed by atoms with Crippen LogP contribution < -0.4 is 0 Å². The third kappa shape index (κ3) is 2.70. The van der Waals surface area contributed by atoms with E-state index in [9.17, 15) is 9.32 Å². The quantitative estimate of drug-likeness (QED) is 0.397. The van der Waals surface area contributed by atoms with Crippen molar-refractivity contribution in [2.75, 3.05) is 13.2 Å². The fourth-order valence-corrected chi connectivity index (χ4v) is 1.63. The molecule has 0 amide bonds. The van der Waals surface area contributed by atoms with Crippen LogP contribution in [-0.2, 0) is 20.3 Å². The van der Waals surface area contributed by atoms with Gasteiger partial charge < -0.3 is 20.1 Å². The number of ether oxygens (including phenoxy) is 1. The molecule has 0 bridgehead atoms. The molecule has 5 atom stereocenters. The topological polar surface area (TPSA) is 116 Å². The van der Waals surface area contributed by atoms with Crippen LogP contribution in [0.2, 0.25) is 0 Å². The Labute approximate surface area is 82.8 Å². The van der Waals surface area contributed by atoms with Crippen molar-refractivity contribution in [2.24, 2.45) is 0 Å². The molecule has 1 rings (SSSR count). The Morgan fingerprint density at radius 1 is 1.57 bits per heavy atom. The summed E-state index contributed by atoms with van der Waals surface area (Å²) in [7, 11) is 0. The maximum Gasteiger partial charge on any atom is 0.302 e. The zero-order chi connectivity index (χ0) is 10.7. The van der Waals surface area contributed by atoms with Crippen molar-refractivity contribution in [1.29, 1.82) is 0 Å². The van der Waals surface area contributed by atoms with E-state index in [0.717, 1.165) is 0 Å². The van der Waals surface area contributed by atoms with Crippen LogP contribution in [0.15, 0.2) is 0 Å². The molecular formula is C6H12O7S. The van der Waals surface area contributed by atoms with Crippen LogP contribution in [0.3, 0.4) is 0 Å². The van der Waals surface area contributed by atoms with Gasteiger partial charge in [0.1, 0.15) is 24.4 Å². The van der Waals surface area contributed by atoms with Crippen molar-refractivity contribution in [3.05, 3.63) is 0 Å². The fourth-order valence-electron chi connectivity index (χ4n) is 1.25. The van der Waals surface area contributed by atoms with E-state index in [0.29, 0.717) is 0 Å². The predicted octanol–water partition coefficient (Wildman–Crippen LogP) is -2.38. The van der Waals surface area contributed by atoms with Gasteiger partial charge in [0, 0.05) is 0 Å². The second-order valence-corrected chi connectivity index (χ2v) is 3.52. The molecule has 84 valence electrons. The minimum atomic E-state index is -2.55. The van der Waals surface area contributed by atoms with Crippen LogP contribution in [0.5, 0.6) is 0 Å². The minimum Gasteiger partial charge on any atom is -0.394 e. The van der Waals surface area contributed by atoms with Crippen molar-refractivity contribution < 1.29 is 33.0 Å². The van der Waals surface area contributed by atoms with Gasteiger partial charge in [0.15, 0.2) is 0 Å². The summed E-state index contributed by atoms with van der Waals surface area (Å²) in [4.78, 5) is 0. The smallest absolute Gasteiger partial charge is 0.302 e. The van der Waals surface area contributed by atoms with E-state index in [1.165, 1.54) is 0 Å². The Hall–Kier alpha value is -0.0900. The normalized spacial score (nSPS) is 37.0. The van der Waals surface area contributed by atoms with Crippen LogP contribution in [0.1, 0.15) is 0 Å². The summed E-state index contributed by atoms with van der Waals surface area (Å²) in [6.45, 7) is -0.676. The SMILES string of the molecule is O=S(O)O[C@H](CO)[C@H]1OC[C@H](O)[C@H]1O. The van der Waals surface area contributed by atoms with Crippen molar-refractivity contribution >= 4 is 11.4 Å². The molecule has 1 unspecified atom stereocenters. The minimum absolute atomic E-state index is 0.0935. The summed E-state index contributed by atoms with van der Waals surface area (Å²) < 4.78 is 28.0. The fraction of sp³-hybridized carbons (Fsp3) is 1.00. The van der Waals surface area contributed by atoms with Gasteiger partial charge in [-0.15, -0.1) is 0 Å². The molecule has 0 radical (unpaired) electrons. The Balaban J connectivity index is 2.56. The van der Waals surface area contributed by atoms with Crippen LogP contribution in [0.25, 0.3) is 0 Å². The maximum atomic E-state index is 10.3. The third-order valence-electron chi connectivity index (χ3n) is 1.94. The summed E-state index contributed by atoms with van der Waals surface area (Å²) in [5.74, 6) is 0. The van der Waals surface area contributed by atoms with Gasteiger partial charge in [-0.05, 0) is 0 Å². The van der Waals surface area contributed by atoms with E-state index < -0.39 is 42.4 Å². The Morgan fingerprint density at radius 3 is 2.57 bits per heavy atom. The summed E-state index contributed by atoms with van der Waals surface area (Å²) in [6, 6.07) is 0. The van der Waals surface area contributed by atoms with Gasteiger partial charge in [0.25, 0.3) is 0 Å². The van der Waals surface area contributed by atoms with Crippen LogP contribution >= 0.6 is 0 Å². The molecule has 0 aromatic rings. The van der Waals surface area contributed by atoms with Gasteiger partial charge in [-0.25, -0.2) is 0 Å². The molecule has 0 aromatic carbocycles. The van der Waals surface area contributed by atoms with E-state index in [1.54, 1.807) is 0 Å².